The van der Waals surface area contributed by atoms with E-state index in [1.165, 1.54) is 21.6 Å². The van der Waals surface area contributed by atoms with E-state index in [9.17, 15) is 28.8 Å². The third-order valence-electron chi connectivity index (χ3n) is 5.58. The minimum absolute atomic E-state index is 0.188. The highest BCUT2D eigenvalue weighted by molar-refractivity contribution is 8.76. The van der Waals surface area contributed by atoms with E-state index < -0.39 is 65.8 Å². The SMILES string of the molecule is O=C(O)CC[C@H]1NC(=O)C[C@H]2C=CCCSSC[C@@H](NC1=O)C(=O)NC1(CC1)C(=O)NCC(=O)O2. The maximum Gasteiger partial charge on any atom is 0.326 e. The van der Waals surface area contributed by atoms with Gasteiger partial charge in [-0.3, -0.25) is 28.8 Å². The van der Waals surface area contributed by atoms with Crippen molar-refractivity contribution in [2.45, 2.75) is 62.3 Å². The molecule has 2 aliphatic heterocycles. The fourth-order valence-corrected chi connectivity index (χ4v) is 5.66. The lowest BCUT2D eigenvalue weighted by molar-refractivity contribution is -0.149. The Kier molecular flexibility index (Phi) is 9.43. The summed E-state index contributed by atoms with van der Waals surface area (Å²) in [4.78, 5) is 74.9. The van der Waals surface area contributed by atoms with Crippen molar-refractivity contribution in [2.75, 3.05) is 18.1 Å². The van der Waals surface area contributed by atoms with Gasteiger partial charge < -0.3 is 31.1 Å². The third-order valence-corrected chi connectivity index (χ3v) is 8.02. The van der Waals surface area contributed by atoms with Crippen molar-refractivity contribution in [3.05, 3.63) is 12.2 Å². The fraction of sp³-hybridized carbons (Fsp3) is 0.619. The number of allylic oxidation sites excluding steroid dienone is 1. The molecule has 3 rings (SSSR count). The molecule has 0 unspecified atom stereocenters. The summed E-state index contributed by atoms with van der Waals surface area (Å²) < 4.78 is 5.36. The van der Waals surface area contributed by atoms with Crippen LogP contribution in [0.15, 0.2) is 12.2 Å². The monoisotopic (exact) mass is 528 g/mol. The Balaban J connectivity index is 1.93. The van der Waals surface area contributed by atoms with E-state index in [1.807, 2.05) is 0 Å². The molecule has 0 aromatic heterocycles. The minimum Gasteiger partial charge on any atom is -0.481 e. The van der Waals surface area contributed by atoms with Crippen LogP contribution >= 0.6 is 21.6 Å². The molecule has 2 fully saturated rings. The van der Waals surface area contributed by atoms with Gasteiger partial charge in [0.1, 0.15) is 30.3 Å². The average molecular weight is 529 g/mol. The van der Waals surface area contributed by atoms with Gasteiger partial charge in [0.2, 0.25) is 23.6 Å². The van der Waals surface area contributed by atoms with Crippen molar-refractivity contribution < 1.29 is 38.6 Å². The molecule has 5 N–H and O–H groups in total. The van der Waals surface area contributed by atoms with Crippen LogP contribution in [0.5, 0.6) is 0 Å². The zero-order valence-corrected chi connectivity index (χ0v) is 20.5. The average Bonchev–Trinajstić information content (AvgIpc) is 3.57. The summed E-state index contributed by atoms with van der Waals surface area (Å²) in [6.45, 7) is -0.435. The zero-order valence-electron chi connectivity index (χ0n) is 18.9. The highest BCUT2D eigenvalue weighted by Gasteiger charge is 2.52. The number of nitrogens with one attached hydrogen (secondary N) is 4. The van der Waals surface area contributed by atoms with E-state index in [0.29, 0.717) is 25.0 Å². The molecule has 1 aliphatic carbocycles. The number of hydrogen-bond donors (Lipinski definition) is 5. The molecule has 35 heavy (non-hydrogen) atoms. The second-order valence-electron chi connectivity index (χ2n) is 8.42. The Bertz CT molecular complexity index is 908. The minimum atomic E-state index is -1.22. The maximum atomic E-state index is 13.1. The van der Waals surface area contributed by atoms with Crippen LogP contribution in [0.4, 0.5) is 0 Å². The summed E-state index contributed by atoms with van der Waals surface area (Å²) in [5, 5.41) is 19.3. The molecule has 4 amide bonds. The van der Waals surface area contributed by atoms with E-state index in [4.69, 9.17) is 9.84 Å². The summed E-state index contributed by atoms with van der Waals surface area (Å²) >= 11 is 0. The molecule has 1 spiro atoms. The Morgan fingerprint density at radius 3 is 2.60 bits per heavy atom. The summed E-state index contributed by atoms with van der Waals surface area (Å²) in [7, 11) is 2.84. The first-order valence-corrected chi connectivity index (χ1v) is 13.7. The smallest absolute Gasteiger partial charge is 0.326 e. The normalized spacial score (nSPS) is 28.1. The van der Waals surface area contributed by atoms with Crippen molar-refractivity contribution in [1.29, 1.82) is 0 Å². The Morgan fingerprint density at radius 1 is 1.11 bits per heavy atom. The van der Waals surface area contributed by atoms with Gasteiger partial charge in [0, 0.05) is 17.9 Å². The standard InChI is InChI=1S/C21H28N4O8S2/c26-15-9-12-3-1-2-8-34-35-11-14(24-18(30)13(23-15)4-5-16(27)28)19(31)25-21(6-7-21)20(32)22-10-17(29)33-12/h1,3,12-14H,2,4-11H2,(H,22,32)(H,23,26)(H,24,30)(H,25,31)(H,27,28)/t12-,13-,14-/m1/s1. The second-order valence-corrected chi connectivity index (χ2v) is 11.1. The van der Waals surface area contributed by atoms with Crippen LogP contribution in [-0.4, -0.2) is 82.5 Å². The summed E-state index contributed by atoms with van der Waals surface area (Å²) in [5.41, 5.74) is -1.17. The van der Waals surface area contributed by atoms with Crippen LogP contribution in [0.3, 0.4) is 0 Å². The Hall–Kier alpha value is -2.74. The van der Waals surface area contributed by atoms with Crippen LogP contribution in [0.2, 0.25) is 0 Å². The number of carboxylic acids is 1. The number of carbonyl (C=O) groups is 6. The molecular formula is C21H28N4O8S2. The fourth-order valence-electron chi connectivity index (χ4n) is 3.50. The Labute approximate surface area is 209 Å². The number of carbonyl (C=O) groups excluding carboxylic acids is 5. The van der Waals surface area contributed by atoms with Gasteiger partial charge in [0.25, 0.3) is 0 Å². The molecule has 0 aromatic carbocycles. The second kappa shape index (κ2) is 12.3. The van der Waals surface area contributed by atoms with E-state index in [2.05, 4.69) is 21.3 Å². The van der Waals surface area contributed by atoms with E-state index >= 15 is 0 Å². The largest absolute Gasteiger partial charge is 0.481 e. The summed E-state index contributed by atoms with van der Waals surface area (Å²) in [6, 6.07) is -2.25. The van der Waals surface area contributed by atoms with Gasteiger partial charge in [0.15, 0.2) is 0 Å². The first-order valence-electron chi connectivity index (χ1n) is 11.2. The molecule has 12 nitrogen and oxygen atoms in total. The molecule has 2 bridgehead atoms. The van der Waals surface area contributed by atoms with Crippen LogP contribution in [0, 0.1) is 0 Å². The number of hydrogen-bond acceptors (Lipinski definition) is 9. The van der Waals surface area contributed by atoms with Gasteiger partial charge in [-0.15, -0.1) is 0 Å². The first-order chi connectivity index (χ1) is 16.7. The van der Waals surface area contributed by atoms with Crippen LogP contribution in [0.1, 0.15) is 38.5 Å². The highest BCUT2D eigenvalue weighted by atomic mass is 33.1. The number of rotatable bonds is 3. The number of carboxylic acid groups (broad SMARTS) is 1. The lowest BCUT2D eigenvalue weighted by Gasteiger charge is -2.25. The van der Waals surface area contributed by atoms with Crippen molar-refractivity contribution in [3.8, 4) is 0 Å². The molecule has 192 valence electrons. The quantitative estimate of drug-likeness (QED) is 0.178. The molecule has 14 heteroatoms. The van der Waals surface area contributed by atoms with E-state index in [0.717, 1.165) is 0 Å². The molecule has 1 saturated heterocycles. The van der Waals surface area contributed by atoms with Crippen molar-refractivity contribution >= 4 is 57.2 Å². The van der Waals surface area contributed by atoms with Gasteiger partial charge >= 0.3 is 11.9 Å². The molecule has 0 aromatic rings. The molecule has 3 atom stereocenters. The molecule has 1 saturated carbocycles. The van der Waals surface area contributed by atoms with Crippen LogP contribution in [-0.2, 0) is 33.5 Å². The van der Waals surface area contributed by atoms with Gasteiger partial charge in [-0.1, -0.05) is 27.7 Å². The molecule has 0 radical (unpaired) electrons. The van der Waals surface area contributed by atoms with Crippen LogP contribution < -0.4 is 21.3 Å². The predicted octanol–water partition coefficient (Wildman–Crippen LogP) is -0.757. The molecular weight excluding hydrogens is 500 g/mol. The van der Waals surface area contributed by atoms with Gasteiger partial charge in [-0.05, 0) is 31.8 Å². The van der Waals surface area contributed by atoms with Crippen molar-refractivity contribution in [3.63, 3.8) is 0 Å². The topological polar surface area (TPSA) is 180 Å². The molecule has 2 heterocycles. The number of amides is 4. The van der Waals surface area contributed by atoms with E-state index in [1.54, 1.807) is 12.2 Å². The maximum absolute atomic E-state index is 13.1. The number of fused-ring (bicyclic) bond motifs is 7. The highest BCUT2D eigenvalue weighted by Crippen LogP contribution is 2.36. The van der Waals surface area contributed by atoms with Gasteiger partial charge in [-0.2, -0.15) is 0 Å². The lowest BCUT2D eigenvalue weighted by atomic mass is 10.1. The lowest BCUT2D eigenvalue weighted by Crippen LogP contribution is -2.59. The number of ether oxygens (including phenoxy) is 1. The summed E-state index contributed by atoms with van der Waals surface area (Å²) in [6.07, 6.45) is 2.88. The zero-order chi connectivity index (χ0) is 25.4. The van der Waals surface area contributed by atoms with Crippen molar-refractivity contribution in [2.24, 2.45) is 0 Å². The predicted molar refractivity (Wildman–Crippen MR) is 127 cm³/mol. The summed E-state index contributed by atoms with van der Waals surface area (Å²) in [5.74, 6) is -3.52. The Morgan fingerprint density at radius 2 is 1.89 bits per heavy atom. The van der Waals surface area contributed by atoms with Gasteiger partial charge in [0.05, 0.1) is 6.42 Å². The van der Waals surface area contributed by atoms with Crippen molar-refractivity contribution in [1.82, 2.24) is 21.3 Å². The van der Waals surface area contributed by atoms with E-state index in [-0.39, 0.29) is 25.0 Å². The number of aliphatic carboxylic acids is 1. The number of esters is 1. The first kappa shape index (κ1) is 26.9. The van der Waals surface area contributed by atoms with Crippen LogP contribution in [0.25, 0.3) is 0 Å². The molecule has 3 aliphatic rings. The third kappa shape index (κ3) is 8.16. The van der Waals surface area contributed by atoms with Gasteiger partial charge in [-0.25, -0.2) is 0 Å².